The highest BCUT2D eigenvalue weighted by molar-refractivity contribution is 14.0. The summed E-state index contributed by atoms with van der Waals surface area (Å²) in [5.74, 6) is 1.35. The van der Waals surface area contributed by atoms with Crippen molar-refractivity contribution in [2.24, 2.45) is 10.9 Å². The van der Waals surface area contributed by atoms with E-state index in [9.17, 15) is 4.79 Å². The Balaban J connectivity index is 0.00000320. The van der Waals surface area contributed by atoms with E-state index < -0.39 is 0 Å². The third-order valence-electron chi connectivity index (χ3n) is 4.99. The SMILES string of the molecule is CCNC(=NCc1coc(-c2ccc(C)cc2)n1)N1CCC(C(=O)OCC)CC1.I. The van der Waals surface area contributed by atoms with Gasteiger partial charge in [0.2, 0.25) is 5.89 Å². The molecule has 2 heterocycles. The van der Waals surface area contributed by atoms with E-state index in [-0.39, 0.29) is 35.9 Å². The first kappa shape index (κ1) is 24.2. The lowest BCUT2D eigenvalue weighted by atomic mass is 9.97. The number of aliphatic imine (C=N–C) groups is 1. The van der Waals surface area contributed by atoms with Crippen molar-refractivity contribution in [1.29, 1.82) is 0 Å². The number of hydrogen-bond acceptors (Lipinski definition) is 5. The van der Waals surface area contributed by atoms with Crippen LogP contribution in [0.25, 0.3) is 11.5 Å². The number of guanidine groups is 1. The number of nitrogens with zero attached hydrogens (tertiary/aromatic N) is 3. The van der Waals surface area contributed by atoms with Gasteiger partial charge in [0.05, 0.1) is 19.1 Å². The van der Waals surface area contributed by atoms with Crippen LogP contribution in [-0.2, 0) is 16.1 Å². The Morgan fingerprint density at radius 3 is 2.60 bits per heavy atom. The zero-order valence-electron chi connectivity index (χ0n) is 17.9. The molecule has 2 aromatic rings. The summed E-state index contributed by atoms with van der Waals surface area (Å²) in [6.07, 6.45) is 3.23. The number of carbonyl (C=O) groups is 1. The van der Waals surface area contributed by atoms with Gasteiger partial charge in [-0.15, -0.1) is 24.0 Å². The zero-order chi connectivity index (χ0) is 20.6. The second-order valence-electron chi connectivity index (χ2n) is 7.19. The summed E-state index contributed by atoms with van der Waals surface area (Å²) in [6, 6.07) is 8.10. The molecule has 0 amide bonds. The number of carbonyl (C=O) groups excluding carboxylic acids is 1. The molecule has 1 aliphatic heterocycles. The van der Waals surface area contributed by atoms with Crippen molar-refractivity contribution in [2.75, 3.05) is 26.2 Å². The van der Waals surface area contributed by atoms with E-state index in [1.165, 1.54) is 5.56 Å². The van der Waals surface area contributed by atoms with E-state index in [4.69, 9.17) is 14.1 Å². The molecule has 0 aliphatic carbocycles. The van der Waals surface area contributed by atoms with Crippen molar-refractivity contribution in [2.45, 2.75) is 40.2 Å². The van der Waals surface area contributed by atoms with Gasteiger partial charge in [-0.1, -0.05) is 17.7 Å². The van der Waals surface area contributed by atoms with E-state index in [1.807, 2.05) is 38.1 Å². The smallest absolute Gasteiger partial charge is 0.309 e. The highest BCUT2D eigenvalue weighted by Crippen LogP contribution is 2.21. The van der Waals surface area contributed by atoms with Crippen LogP contribution < -0.4 is 5.32 Å². The average molecular weight is 526 g/mol. The molecule has 164 valence electrons. The Hall–Kier alpha value is -2.10. The maximum absolute atomic E-state index is 11.9. The molecule has 0 spiro atoms. The summed E-state index contributed by atoms with van der Waals surface area (Å²) in [5.41, 5.74) is 2.95. The van der Waals surface area contributed by atoms with Crippen molar-refractivity contribution in [1.82, 2.24) is 15.2 Å². The van der Waals surface area contributed by atoms with Crippen LogP contribution in [0.2, 0.25) is 0 Å². The first-order valence-electron chi connectivity index (χ1n) is 10.3. The number of rotatable bonds is 6. The van der Waals surface area contributed by atoms with Gasteiger partial charge in [0.25, 0.3) is 0 Å². The van der Waals surface area contributed by atoms with Crippen molar-refractivity contribution in [3.05, 3.63) is 41.8 Å². The van der Waals surface area contributed by atoms with Gasteiger partial charge >= 0.3 is 5.97 Å². The fourth-order valence-corrected chi connectivity index (χ4v) is 3.38. The molecule has 0 radical (unpaired) electrons. The third kappa shape index (κ3) is 6.45. The lowest BCUT2D eigenvalue weighted by Crippen LogP contribution is -2.46. The Kier molecular flexibility index (Phi) is 9.61. The highest BCUT2D eigenvalue weighted by atomic mass is 127. The molecule has 1 saturated heterocycles. The standard InChI is InChI=1S/C22H30N4O3.HI/c1-4-23-22(26-12-10-18(11-13-26)21(27)28-5-2)24-14-19-15-29-20(25-19)17-8-6-16(3)7-9-17;/h6-9,15,18H,4-5,10-14H2,1-3H3,(H,23,24);1H. The maximum atomic E-state index is 11.9. The van der Waals surface area contributed by atoms with Gasteiger partial charge in [-0.3, -0.25) is 4.79 Å². The maximum Gasteiger partial charge on any atom is 0.309 e. The molecule has 1 aliphatic rings. The number of likely N-dealkylation sites (tertiary alicyclic amines) is 1. The lowest BCUT2D eigenvalue weighted by Gasteiger charge is -2.33. The fourth-order valence-electron chi connectivity index (χ4n) is 3.38. The molecule has 1 aromatic heterocycles. The van der Waals surface area contributed by atoms with Gasteiger partial charge in [0, 0.05) is 25.2 Å². The average Bonchev–Trinajstić information content (AvgIpc) is 3.21. The third-order valence-corrected chi connectivity index (χ3v) is 4.99. The molecule has 8 heteroatoms. The number of oxazole rings is 1. The normalized spacial score (nSPS) is 14.9. The molecule has 1 N–H and O–H groups in total. The number of piperidine rings is 1. The van der Waals surface area contributed by atoms with Crippen molar-refractivity contribution >= 4 is 35.9 Å². The van der Waals surface area contributed by atoms with Gasteiger partial charge in [0.15, 0.2) is 5.96 Å². The summed E-state index contributed by atoms with van der Waals surface area (Å²) in [7, 11) is 0. The molecule has 7 nitrogen and oxygen atoms in total. The Labute approximate surface area is 195 Å². The van der Waals surface area contributed by atoms with Gasteiger partial charge in [0.1, 0.15) is 12.0 Å². The lowest BCUT2D eigenvalue weighted by molar-refractivity contribution is -0.149. The van der Waals surface area contributed by atoms with E-state index in [1.54, 1.807) is 6.26 Å². The highest BCUT2D eigenvalue weighted by Gasteiger charge is 2.27. The predicted octanol–water partition coefficient (Wildman–Crippen LogP) is 4.01. The summed E-state index contributed by atoms with van der Waals surface area (Å²) in [4.78, 5) is 23.4. The minimum absolute atomic E-state index is 0. The molecule has 0 bridgehead atoms. The number of ether oxygens (including phenoxy) is 1. The number of hydrogen-bond donors (Lipinski definition) is 1. The quantitative estimate of drug-likeness (QED) is 0.265. The monoisotopic (exact) mass is 526 g/mol. The molecule has 30 heavy (non-hydrogen) atoms. The molecule has 1 fully saturated rings. The van der Waals surface area contributed by atoms with E-state index in [2.05, 4.69) is 22.1 Å². The van der Waals surface area contributed by atoms with Crippen LogP contribution >= 0.6 is 24.0 Å². The molecule has 0 saturated carbocycles. The summed E-state index contributed by atoms with van der Waals surface area (Å²) >= 11 is 0. The fraction of sp³-hybridized carbons (Fsp3) is 0.500. The Morgan fingerprint density at radius 2 is 1.97 bits per heavy atom. The largest absolute Gasteiger partial charge is 0.466 e. The van der Waals surface area contributed by atoms with E-state index in [0.29, 0.717) is 19.0 Å². The van der Waals surface area contributed by atoms with Crippen molar-refractivity contribution in [3.63, 3.8) is 0 Å². The summed E-state index contributed by atoms with van der Waals surface area (Å²) < 4.78 is 10.8. The zero-order valence-corrected chi connectivity index (χ0v) is 20.2. The predicted molar refractivity (Wildman–Crippen MR) is 128 cm³/mol. The number of esters is 1. The van der Waals surface area contributed by atoms with Crippen LogP contribution in [0.3, 0.4) is 0 Å². The number of nitrogens with one attached hydrogen (secondary N) is 1. The Morgan fingerprint density at radius 1 is 1.27 bits per heavy atom. The van der Waals surface area contributed by atoms with Crippen molar-refractivity contribution < 1.29 is 13.9 Å². The second-order valence-corrected chi connectivity index (χ2v) is 7.19. The van der Waals surface area contributed by atoms with Crippen LogP contribution in [0.4, 0.5) is 0 Å². The minimum atomic E-state index is -0.0830. The number of aromatic nitrogens is 1. The van der Waals surface area contributed by atoms with E-state index >= 15 is 0 Å². The van der Waals surface area contributed by atoms with Gasteiger partial charge in [-0.25, -0.2) is 9.98 Å². The topological polar surface area (TPSA) is 80.0 Å². The van der Waals surface area contributed by atoms with Crippen LogP contribution in [0.5, 0.6) is 0 Å². The molecular formula is C22H31IN4O3. The number of benzene rings is 1. The molecule has 0 atom stereocenters. The number of halogens is 1. The van der Waals surface area contributed by atoms with Crippen LogP contribution in [-0.4, -0.2) is 48.1 Å². The minimum Gasteiger partial charge on any atom is -0.466 e. The summed E-state index contributed by atoms with van der Waals surface area (Å²) in [6.45, 7) is 9.16. The van der Waals surface area contributed by atoms with E-state index in [0.717, 1.165) is 49.7 Å². The van der Waals surface area contributed by atoms with Gasteiger partial charge in [-0.05, 0) is 45.7 Å². The molecule has 1 aromatic carbocycles. The van der Waals surface area contributed by atoms with Gasteiger partial charge < -0.3 is 19.4 Å². The van der Waals surface area contributed by atoms with Crippen molar-refractivity contribution in [3.8, 4) is 11.5 Å². The molecular weight excluding hydrogens is 495 g/mol. The van der Waals surface area contributed by atoms with Crippen LogP contribution in [0.15, 0.2) is 39.9 Å². The number of aryl methyl sites for hydroxylation is 1. The molecule has 0 unspecified atom stereocenters. The first-order chi connectivity index (χ1) is 14.1. The Bertz CT molecular complexity index is 827. The second kappa shape index (κ2) is 11.9. The summed E-state index contributed by atoms with van der Waals surface area (Å²) in [5, 5.41) is 3.34. The van der Waals surface area contributed by atoms with Crippen LogP contribution in [0, 0.1) is 12.8 Å². The first-order valence-corrected chi connectivity index (χ1v) is 10.3. The van der Waals surface area contributed by atoms with Gasteiger partial charge in [-0.2, -0.15) is 0 Å². The molecule has 3 rings (SSSR count). The van der Waals surface area contributed by atoms with Crippen LogP contribution in [0.1, 0.15) is 37.9 Å².